The Morgan fingerprint density at radius 1 is 1.11 bits per heavy atom. The first kappa shape index (κ1) is 13.2. The van der Waals surface area contributed by atoms with E-state index in [1.54, 1.807) is 14.2 Å². The van der Waals surface area contributed by atoms with Crippen molar-refractivity contribution in [3.63, 3.8) is 0 Å². The van der Waals surface area contributed by atoms with E-state index in [1.807, 2.05) is 6.07 Å². The molecule has 0 aliphatic heterocycles. The first-order valence-corrected chi connectivity index (χ1v) is 6.74. The first-order chi connectivity index (χ1) is 8.81. The van der Waals surface area contributed by atoms with Gasteiger partial charge in [-0.15, -0.1) is 0 Å². The van der Waals surface area contributed by atoms with Gasteiger partial charge in [-0.05, 0) is 62.4 Å². The van der Waals surface area contributed by atoms with Crippen molar-refractivity contribution >= 4 is 0 Å². The van der Waals surface area contributed by atoms with Crippen LogP contribution in [0.15, 0.2) is 18.2 Å². The number of nitrogens with one attached hydrogen (secondary N) is 1. The Bertz CT molecular complexity index is 353. The lowest BCUT2D eigenvalue weighted by Gasteiger charge is -2.09. The van der Waals surface area contributed by atoms with Crippen molar-refractivity contribution in [3.8, 4) is 11.5 Å². The number of rotatable bonds is 8. The molecule has 3 heteroatoms. The summed E-state index contributed by atoms with van der Waals surface area (Å²) in [5.41, 5.74) is 1.28. The predicted molar refractivity (Wildman–Crippen MR) is 73.5 cm³/mol. The van der Waals surface area contributed by atoms with E-state index in [0.717, 1.165) is 36.8 Å². The van der Waals surface area contributed by atoms with E-state index < -0.39 is 0 Å². The second-order valence-corrected chi connectivity index (χ2v) is 4.97. The summed E-state index contributed by atoms with van der Waals surface area (Å²) < 4.78 is 10.5. The van der Waals surface area contributed by atoms with E-state index in [-0.39, 0.29) is 0 Å². The fourth-order valence-corrected chi connectivity index (χ4v) is 2.06. The molecule has 18 heavy (non-hydrogen) atoms. The third-order valence-electron chi connectivity index (χ3n) is 3.36. The van der Waals surface area contributed by atoms with E-state index in [9.17, 15) is 0 Å². The molecule has 0 amide bonds. The largest absolute Gasteiger partial charge is 0.497 e. The van der Waals surface area contributed by atoms with E-state index in [1.165, 1.54) is 24.9 Å². The second-order valence-electron chi connectivity index (χ2n) is 4.97. The van der Waals surface area contributed by atoms with Crippen LogP contribution in [0.25, 0.3) is 0 Å². The minimum Gasteiger partial charge on any atom is -0.497 e. The molecule has 1 aromatic rings. The highest BCUT2D eigenvalue weighted by atomic mass is 16.5. The van der Waals surface area contributed by atoms with Crippen LogP contribution in [0.1, 0.15) is 24.8 Å². The molecule has 0 radical (unpaired) electrons. The summed E-state index contributed by atoms with van der Waals surface area (Å²) in [6, 6.07) is 6.08. The Labute approximate surface area is 109 Å². The fraction of sp³-hybridized carbons (Fsp3) is 0.600. The van der Waals surface area contributed by atoms with Crippen molar-refractivity contribution in [3.05, 3.63) is 23.8 Å². The van der Waals surface area contributed by atoms with Crippen LogP contribution in [-0.4, -0.2) is 27.3 Å². The molecule has 0 unspecified atom stereocenters. The summed E-state index contributed by atoms with van der Waals surface area (Å²) in [6.45, 7) is 2.29. The summed E-state index contributed by atoms with van der Waals surface area (Å²) in [4.78, 5) is 0. The van der Waals surface area contributed by atoms with Gasteiger partial charge >= 0.3 is 0 Å². The minimum absolute atomic E-state index is 0.871. The van der Waals surface area contributed by atoms with Gasteiger partial charge in [0.25, 0.3) is 0 Å². The van der Waals surface area contributed by atoms with E-state index in [0.29, 0.717) is 0 Å². The number of benzene rings is 1. The molecule has 0 heterocycles. The second kappa shape index (κ2) is 6.64. The Balaban J connectivity index is 1.75. The average Bonchev–Trinajstić information content (AvgIpc) is 3.22. The van der Waals surface area contributed by atoms with E-state index >= 15 is 0 Å². The highest BCUT2D eigenvalue weighted by Crippen LogP contribution is 2.27. The summed E-state index contributed by atoms with van der Waals surface area (Å²) >= 11 is 0. The van der Waals surface area contributed by atoms with Gasteiger partial charge in [0, 0.05) is 6.07 Å². The van der Waals surface area contributed by atoms with E-state index in [2.05, 4.69) is 17.4 Å². The maximum absolute atomic E-state index is 5.27. The molecule has 1 fully saturated rings. The number of aryl methyl sites for hydroxylation is 1. The number of hydrogen-bond donors (Lipinski definition) is 1. The Morgan fingerprint density at radius 2 is 1.78 bits per heavy atom. The Hall–Kier alpha value is -1.22. The van der Waals surface area contributed by atoms with Crippen molar-refractivity contribution in [2.24, 2.45) is 5.92 Å². The zero-order valence-corrected chi connectivity index (χ0v) is 11.4. The quantitative estimate of drug-likeness (QED) is 0.718. The highest BCUT2D eigenvalue weighted by Gasteiger charge is 2.19. The van der Waals surface area contributed by atoms with Crippen LogP contribution in [0.5, 0.6) is 11.5 Å². The Kier molecular flexibility index (Phi) is 4.88. The normalized spacial score (nSPS) is 14.6. The summed E-state index contributed by atoms with van der Waals surface area (Å²) in [5, 5.41) is 3.51. The van der Waals surface area contributed by atoms with Crippen molar-refractivity contribution < 1.29 is 9.47 Å². The fourth-order valence-electron chi connectivity index (χ4n) is 2.06. The van der Waals surface area contributed by atoms with Crippen molar-refractivity contribution in [2.45, 2.75) is 25.7 Å². The van der Waals surface area contributed by atoms with Crippen molar-refractivity contribution in [1.29, 1.82) is 0 Å². The molecule has 2 rings (SSSR count). The molecule has 3 nitrogen and oxygen atoms in total. The van der Waals surface area contributed by atoms with Gasteiger partial charge in [0.2, 0.25) is 0 Å². The van der Waals surface area contributed by atoms with Gasteiger partial charge in [0.05, 0.1) is 14.2 Å². The van der Waals surface area contributed by atoms with Crippen LogP contribution in [0.3, 0.4) is 0 Å². The smallest absolute Gasteiger partial charge is 0.122 e. The molecule has 0 saturated heterocycles. The maximum atomic E-state index is 5.27. The SMILES string of the molecule is COc1cc(CCCNCC2CC2)cc(OC)c1. The monoisotopic (exact) mass is 249 g/mol. The Morgan fingerprint density at radius 3 is 2.33 bits per heavy atom. The zero-order chi connectivity index (χ0) is 12.8. The molecule has 0 aromatic heterocycles. The highest BCUT2D eigenvalue weighted by molar-refractivity contribution is 5.38. The van der Waals surface area contributed by atoms with Crippen LogP contribution in [0, 0.1) is 5.92 Å². The molecule has 1 N–H and O–H groups in total. The van der Waals surface area contributed by atoms with Gasteiger partial charge in [0.1, 0.15) is 11.5 Å². The van der Waals surface area contributed by atoms with Crippen molar-refractivity contribution in [1.82, 2.24) is 5.32 Å². The van der Waals surface area contributed by atoms with Crippen LogP contribution < -0.4 is 14.8 Å². The third-order valence-corrected chi connectivity index (χ3v) is 3.36. The van der Waals surface area contributed by atoms with E-state index in [4.69, 9.17) is 9.47 Å². The van der Waals surface area contributed by atoms with Gasteiger partial charge in [-0.3, -0.25) is 0 Å². The van der Waals surface area contributed by atoms with Crippen LogP contribution >= 0.6 is 0 Å². The lowest BCUT2D eigenvalue weighted by atomic mass is 10.1. The molecule has 0 atom stereocenters. The van der Waals surface area contributed by atoms with Gasteiger partial charge in [0.15, 0.2) is 0 Å². The molecular formula is C15H23NO2. The van der Waals surface area contributed by atoms with Gasteiger partial charge in [-0.2, -0.15) is 0 Å². The summed E-state index contributed by atoms with van der Waals surface area (Å²) in [6.07, 6.45) is 5.05. The predicted octanol–water partition coefficient (Wildman–Crippen LogP) is 2.64. The molecule has 100 valence electrons. The number of ether oxygens (including phenoxy) is 2. The van der Waals surface area contributed by atoms with Gasteiger partial charge < -0.3 is 14.8 Å². The molecule has 1 aliphatic carbocycles. The molecule has 0 spiro atoms. The van der Waals surface area contributed by atoms with Crippen LogP contribution in [0.4, 0.5) is 0 Å². The number of hydrogen-bond acceptors (Lipinski definition) is 3. The molecule has 0 bridgehead atoms. The van der Waals surface area contributed by atoms with Crippen LogP contribution in [0.2, 0.25) is 0 Å². The summed E-state index contributed by atoms with van der Waals surface area (Å²) in [7, 11) is 3.38. The van der Waals surface area contributed by atoms with Crippen molar-refractivity contribution in [2.75, 3.05) is 27.3 Å². The van der Waals surface area contributed by atoms with Crippen LogP contribution in [-0.2, 0) is 6.42 Å². The lowest BCUT2D eigenvalue weighted by molar-refractivity contribution is 0.393. The lowest BCUT2D eigenvalue weighted by Crippen LogP contribution is -2.18. The summed E-state index contributed by atoms with van der Waals surface area (Å²) in [5.74, 6) is 2.70. The maximum Gasteiger partial charge on any atom is 0.122 e. The topological polar surface area (TPSA) is 30.5 Å². The molecule has 1 aromatic carbocycles. The third kappa shape index (κ3) is 4.22. The first-order valence-electron chi connectivity index (χ1n) is 6.74. The average molecular weight is 249 g/mol. The van der Waals surface area contributed by atoms with Gasteiger partial charge in [-0.1, -0.05) is 0 Å². The minimum atomic E-state index is 0.871. The standard InChI is InChI=1S/C15H23NO2/c1-17-14-8-13(9-15(10-14)18-2)4-3-7-16-11-12-5-6-12/h8-10,12,16H,3-7,11H2,1-2H3. The molecular weight excluding hydrogens is 226 g/mol. The number of methoxy groups -OCH3 is 2. The zero-order valence-electron chi connectivity index (χ0n) is 11.4. The molecule has 1 aliphatic rings. The van der Waals surface area contributed by atoms with Gasteiger partial charge in [-0.25, -0.2) is 0 Å². The molecule has 1 saturated carbocycles.